The van der Waals surface area contributed by atoms with Crippen LogP contribution in [0.2, 0.25) is 0 Å². The molecule has 2 heterocycles. The number of aromatic nitrogens is 1. The molecule has 7 nitrogen and oxygen atoms in total. The number of thioether (sulfide) groups is 1. The summed E-state index contributed by atoms with van der Waals surface area (Å²) >= 11 is 2.92. The van der Waals surface area contributed by atoms with Crippen molar-refractivity contribution in [3.05, 3.63) is 48.0 Å². The van der Waals surface area contributed by atoms with Crippen LogP contribution in [0.1, 0.15) is 51.0 Å². The second-order valence-corrected chi connectivity index (χ2v) is 11.8. The van der Waals surface area contributed by atoms with Gasteiger partial charge in [-0.3, -0.25) is 14.4 Å². The van der Waals surface area contributed by atoms with Crippen LogP contribution in [-0.4, -0.2) is 52.0 Å². The van der Waals surface area contributed by atoms with Crippen LogP contribution < -0.4 is 9.64 Å². The van der Waals surface area contributed by atoms with E-state index in [0.29, 0.717) is 12.3 Å². The number of thiazole rings is 1. The molecule has 5 rings (SSSR count). The van der Waals surface area contributed by atoms with E-state index in [1.165, 1.54) is 28.0 Å². The number of carbonyl (C=O) groups is 3. The van der Waals surface area contributed by atoms with Crippen LogP contribution in [0.15, 0.2) is 46.8 Å². The van der Waals surface area contributed by atoms with Crippen LogP contribution in [0.4, 0.5) is 5.69 Å². The molecule has 9 heteroatoms. The third-order valence-electron chi connectivity index (χ3n) is 6.98. The van der Waals surface area contributed by atoms with Crippen molar-refractivity contribution in [1.29, 1.82) is 0 Å². The van der Waals surface area contributed by atoms with E-state index in [-0.39, 0.29) is 35.9 Å². The monoisotopic (exact) mass is 537 g/mol. The van der Waals surface area contributed by atoms with Gasteiger partial charge in [0.15, 0.2) is 4.34 Å². The van der Waals surface area contributed by atoms with Crippen molar-refractivity contribution >= 4 is 56.7 Å². The zero-order valence-electron chi connectivity index (χ0n) is 21.1. The minimum Gasteiger partial charge on any atom is -0.494 e. The average Bonchev–Trinajstić information content (AvgIpc) is 3.44. The Hall–Kier alpha value is -2.91. The summed E-state index contributed by atoms with van der Waals surface area (Å²) in [7, 11) is 0. The fourth-order valence-electron chi connectivity index (χ4n) is 5.19. The Bertz CT molecular complexity index is 1300. The molecule has 0 bridgehead atoms. The van der Waals surface area contributed by atoms with Crippen LogP contribution in [-0.2, 0) is 14.4 Å². The molecule has 194 valence electrons. The summed E-state index contributed by atoms with van der Waals surface area (Å²) in [6.07, 6.45) is 4.94. The first-order valence-corrected chi connectivity index (χ1v) is 14.7. The molecule has 1 saturated carbocycles. The van der Waals surface area contributed by atoms with Gasteiger partial charge in [0.05, 0.1) is 34.7 Å². The lowest BCUT2D eigenvalue weighted by Crippen LogP contribution is -2.52. The second kappa shape index (κ2) is 11.2. The molecule has 2 fully saturated rings. The van der Waals surface area contributed by atoms with E-state index in [1.54, 1.807) is 17.0 Å². The van der Waals surface area contributed by atoms with Gasteiger partial charge in [-0.1, -0.05) is 48.7 Å². The number of anilines is 1. The number of amides is 3. The number of rotatable bonds is 8. The molecule has 2 aromatic carbocycles. The van der Waals surface area contributed by atoms with Crippen molar-refractivity contribution in [3.8, 4) is 5.75 Å². The van der Waals surface area contributed by atoms with Crippen LogP contribution in [0.3, 0.4) is 0 Å². The number of hydrogen-bond acceptors (Lipinski definition) is 7. The fraction of sp³-hybridized carbons (Fsp3) is 0.429. The van der Waals surface area contributed by atoms with Crippen molar-refractivity contribution in [3.63, 3.8) is 0 Å². The molecular weight excluding hydrogens is 506 g/mol. The molecule has 1 atom stereocenters. The zero-order valence-corrected chi connectivity index (χ0v) is 22.8. The summed E-state index contributed by atoms with van der Waals surface area (Å²) in [5.74, 6) is 0.315. The molecule has 37 heavy (non-hydrogen) atoms. The molecule has 1 aliphatic carbocycles. The predicted molar refractivity (Wildman–Crippen MR) is 147 cm³/mol. The van der Waals surface area contributed by atoms with Gasteiger partial charge in [-0.15, -0.1) is 11.3 Å². The van der Waals surface area contributed by atoms with E-state index in [2.05, 4.69) is 4.98 Å². The van der Waals surface area contributed by atoms with E-state index in [9.17, 15) is 14.4 Å². The lowest BCUT2D eigenvalue weighted by atomic mass is 9.92. The molecule has 3 aromatic rings. The van der Waals surface area contributed by atoms with Crippen molar-refractivity contribution in [1.82, 2.24) is 9.88 Å². The number of aryl methyl sites for hydroxylation is 1. The number of carbonyl (C=O) groups excluding carboxylic acids is 3. The quantitative estimate of drug-likeness (QED) is 0.275. The van der Waals surface area contributed by atoms with Crippen molar-refractivity contribution in [2.24, 2.45) is 0 Å². The molecule has 0 N–H and O–H groups in total. The maximum Gasteiger partial charge on any atom is 0.257 e. The van der Waals surface area contributed by atoms with Crippen LogP contribution in [0.5, 0.6) is 5.75 Å². The van der Waals surface area contributed by atoms with Gasteiger partial charge in [0.1, 0.15) is 11.8 Å². The highest BCUT2D eigenvalue weighted by Gasteiger charge is 2.46. The standard InChI is InChI=1S/C28H31N3O4S2/c1-3-35-21-13-14-22-24(15-21)37-28(29-22)36-17-26(33)30(19-7-5-4-6-8-19)23-16-25(32)31(27(23)34)20-11-9-18(2)10-12-20/h9-15,19,23H,3-8,16-17H2,1-2H3. The highest BCUT2D eigenvalue weighted by Crippen LogP contribution is 2.35. The number of ether oxygens (including phenoxy) is 1. The maximum absolute atomic E-state index is 13.7. The van der Waals surface area contributed by atoms with Gasteiger partial charge in [-0.25, -0.2) is 9.88 Å². The molecule has 1 aromatic heterocycles. The molecule has 2 aliphatic rings. The summed E-state index contributed by atoms with van der Waals surface area (Å²) in [5.41, 5.74) is 2.49. The van der Waals surface area contributed by atoms with Gasteiger partial charge < -0.3 is 9.64 Å². The SMILES string of the molecule is CCOc1ccc2nc(SCC(=O)N(C3CCCCC3)C3CC(=O)N(c4ccc(C)cc4)C3=O)sc2c1. The minimum atomic E-state index is -0.755. The van der Waals surface area contributed by atoms with Crippen LogP contribution in [0, 0.1) is 6.92 Å². The van der Waals surface area contributed by atoms with E-state index in [1.807, 2.05) is 44.2 Å². The smallest absolute Gasteiger partial charge is 0.257 e. The average molecular weight is 538 g/mol. The largest absolute Gasteiger partial charge is 0.494 e. The van der Waals surface area contributed by atoms with Crippen LogP contribution in [0.25, 0.3) is 10.2 Å². The molecule has 1 unspecified atom stereocenters. The normalized spacial score (nSPS) is 18.5. The molecule has 1 aliphatic heterocycles. The second-order valence-electron chi connectivity index (χ2n) is 9.55. The molecule has 0 spiro atoms. The first kappa shape index (κ1) is 25.7. The van der Waals surface area contributed by atoms with Gasteiger partial charge in [-0.2, -0.15) is 0 Å². The van der Waals surface area contributed by atoms with Gasteiger partial charge in [0, 0.05) is 6.04 Å². The Morgan fingerprint density at radius 1 is 1.14 bits per heavy atom. The van der Waals surface area contributed by atoms with Crippen molar-refractivity contribution < 1.29 is 19.1 Å². The highest BCUT2D eigenvalue weighted by molar-refractivity contribution is 8.01. The summed E-state index contributed by atoms with van der Waals surface area (Å²) in [6.45, 7) is 4.51. The lowest BCUT2D eigenvalue weighted by molar-refractivity contribution is -0.139. The zero-order chi connectivity index (χ0) is 25.9. The Balaban J connectivity index is 1.34. The number of fused-ring (bicyclic) bond motifs is 1. The number of hydrogen-bond donors (Lipinski definition) is 0. The number of nitrogens with zero attached hydrogens (tertiary/aromatic N) is 3. The maximum atomic E-state index is 13.7. The van der Waals surface area contributed by atoms with E-state index < -0.39 is 6.04 Å². The van der Waals surface area contributed by atoms with Gasteiger partial charge in [0.2, 0.25) is 11.8 Å². The number of imide groups is 1. The predicted octanol–water partition coefficient (Wildman–Crippen LogP) is 5.59. The third-order valence-corrected chi connectivity index (χ3v) is 9.12. The summed E-state index contributed by atoms with van der Waals surface area (Å²) in [4.78, 5) is 47.9. The molecular formula is C28H31N3O4S2. The third kappa shape index (κ3) is 5.52. The highest BCUT2D eigenvalue weighted by atomic mass is 32.2. The topological polar surface area (TPSA) is 79.8 Å². The van der Waals surface area contributed by atoms with E-state index in [4.69, 9.17) is 4.74 Å². The minimum absolute atomic E-state index is 0.0225. The molecule has 0 radical (unpaired) electrons. The number of benzene rings is 2. The Kier molecular flexibility index (Phi) is 7.81. The van der Waals surface area contributed by atoms with Crippen molar-refractivity contribution in [2.75, 3.05) is 17.3 Å². The van der Waals surface area contributed by atoms with Gasteiger partial charge in [0.25, 0.3) is 5.91 Å². The van der Waals surface area contributed by atoms with E-state index >= 15 is 0 Å². The summed E-state index contributed by atoms with van der Waals surface area (Å²) in [5, 5.41) is 0. The van der Waals surface area contributed by atoms with Gasteiger partial charge in [-0.05, 0) is 57.0 Å². The summed E-state index contributed by atoms with van der Waals surface area (Å²) in [6, 6.07) is 12.4. The van der Waals surface area contributed by atoms with E-state index in [0.717, 1.165) is 58.0 Å². The Morgan fingerprint density at radius 3 is 2.62 bits per heavy atom. The molecule has 3 amide bonds. The summed E-state index contributed by atoms with van der Waals surface area (Å²) < 4.78 is 7.40. The first-order valence-electron chi connectivity index (χ1n) is 12.9. The Morgan fingerprint density at radius 2 is 1.89 bits per heavy atom. The lowest BCUT2D eigenvalue weighted by Gasteiger charge is -2.37. The van der Waals surface area contributed by atoms with Crippen molar-refractivity contribution in [2.45, 2.75) is 68.8 Å². The van der Waals surface area contributed by atoms with Crippen LogP contribution >= 0.6 is 23.1 Å². The first-order chi connectivity index (χ1) is 17.9. The molecule has 1 saturated heterocycles. The Labute approximate surface area is 225 Å². The fourth-order valence-corrected chi connectivity index (χ4v) is 7.16. The van der Waals surface area contributed by atoms with Gasteiger partial charge >= 0.3 is 0 Å².